The summed E-state index contributed by atoms with van der Waals surface area (Å²) in [4.78, 5) is 17.3. The smallest absolute Gasteiger partial charge is 0.315 e. The second kappa shape index (κ2) is 7.14. The zero-order chi connectivity index (χ0) is 14.4. The van der Waals surface area contributed by atoms with Crippen molar-refractivity contribution in [3.8, 4) is 0 Å². The summed E-state index contributed by atoms with van der Waals surface area (Å²) < 4.78 is 7.27. The third kappa shape index (κ3) is 4.12. The highest BCUT2D eigenvalue weighted by molar-refractivity contribution is 5.72. The Bertz CT molecular complexity index is 428. The number of imidazole rings is 1. The molecule has 2 rings (SSSR count). The first-order valence-electron chi connectivity index (χ1n) is 7.08. The summed E-state index contributed by atoms with van der Waals surface area (Å²) in [6.45, 7) is 2.97. The van der Waals surface area contributed by atoms with Crippen LogP contribution < -0.4 is 11.5 Å². The van der Waals surface area contributed by atoms with Gasteiger partial charge >= 0.3 is 6.03 Å². The highest BCUT2D eigenvalue weighted by atomic mass is 16.5. The zero-order valence-corrected chi connectivity index (χ0v) is 11.7. The highest BCUT2D eigenvalue weighted by Gasteiger charge is 2.23. The first kappa shape index (κ1) is 14.6. The maximum absolute atomic E-state index is 11.5. The number of nitrogen functional groups attached to an aromatic ring is 1. The summed E-state index contributed by atoms with van der Waals surface area (Å²) in [5.74, 6) is 0.533. The topological polar surface area (TPSA) is 99.4 Å². The van der Waals surface area contributed by atoms with E-state index in [1.165, 1.54) is 0 Å². The number of hydrogen-bond donors (Lipinski definition) is 2. The van der Waals surface area contributed by atoms with Crippen LogP contribution in [0, 0.1) is 0 Å². The lowest BCUT2D eigenvalue weighted by molar-refractivity contribution is 0.0468. The van der Waals surface area contributed by atoms with Gasteiger partial charge in [0.25, 0.3) is 0 Å². The average Bonchev–Trinajstić information content (AvgIpc) is 2.85. The number of rotatable bonds is 6. The Morgan fingerprint density at radius 3 is 2.80 bits per heavy atom. The van der Waals surface area contributed by atoms with Crippen molar-refractivity contribution in [1.29, 1.82) is 0 Å². The van der Waals surface area contributed by atoms with Crippen LogP contribution in [-0.2, 0) is 11.3 Å². The van der Waals surface area contributed by atoms with Crippen LogP contribution in [0.2, 0.25) is 0 Å². The third-order valence-corrected chi connectivity index (χ3v) is 3.63. The molecule has 112 valence electrons. The summed E-state index contributed by atoms with van der Waals surface area (Å²) in [7, 11) is 0. The van der Waals surface area contributed by atoms with E-state index in [2.05, 4.69) is 4.98 Å². The van der Waals surface area contributed by atoms with Gasteiger partial charge in [0.15, 0.2) is 0 Å². The van der Waals surface area contributed by atoms with Crippen molar-refractivity contribution in [1.82, 2.24) is 14.5 Å². The molecule has 1 aliphatic heterocycles. The molecule has 1 aromatic rings. The van der Waals surface area contributed by atoms with Gasteiger partial charge < -0.3 is 25.7 Å². The normalized spacial score (nSPS) is 16.2. The van der Waals surface area contributed by atoms with Crippen molar-refractivity contribution in [2.75, 3.05) is 25.5 Å². The van der Waals surface area contributed by atoms with Gasteiger partial charge in [-0.25, -0.2) is 9.78 Å². The molecule has 7 heteroatoms. The largest absolute Gasteiger partial charge is 0.382 e. The van der Waals surface area contributed by atoms with Gasteiger partial charge in [0.2, 0.25) is 0 Å². The van der Waals surface area contributed by atoms with Crippen molar-refractivity contribution >= 4 is 11.8 Å². The molecule has 0 atom stereocenters. The maximum atomic E-state index is 11.5. The molecule has 1 aromatic heterocycles. The number of aryl methyl sites for hydroxylation is 1. The van der Waals surface area contributed by atoms with Crippen molar-refractivity contribution < 1.29 is 9.53 Å². The summed E-state index contributed by atoms with van der Waals surface area (Å²) in [5.41, 5.74) is 11.0. The molecule has 0 bridgehead atoms. The quantitative estimate of drug-likeness (QED) is 0.753. The number of carbonyl (C=O) groups excluding carboxylic acids is 1. The SMILES string of the molecule is NC(=O)N(CCCCn1cnc(N)c1)C1CCOCC1. The van der Waals surface area contributed by atoms with Gasteiger partial charge in [0.05, 0.1) is 6.33 Å². The lowest BCUT2D eigenvalue weighted by Gasteiger charge is -2.33. The number of anilines is 1. The van der Waals surface area contributed by atoms with Crippen LogP contribution in [-0.4, -0.2) is 46.3 Å². The number of aromatic nitrogens is 2. The molecule has 0 saturated carbocycles. The molecule has 2 heterocycles. The van der Waals surface area contributed by atoms with E-state index in [9.17, 15) is 4.79 Å². The lowest BCUT2D eigenvalue weighted by atomic mass is 10.1. The highest BCUT2D eigenvalue weighted by Crippen LogP contribution is 2.15. The van der Waals surface area contributed by atoms with Gasteiger partial charge in [-0.3, -0.25) is 0 Å². The van der Waals surface area contributed by atoms with E-state index < -0.39 is 0 Å². The molecule has 20 heavy (non-hydrogen) atoms. The molecule has 7 nitrogen and oxygen atoms in total. The molecule has 0 spiro atoms. The summed E-state index contributed by atoms with van der Waals surface area (Å²) in [6, 6.07) is -0.103. The van der Waals surface area contributed by atoms with E-state index in [0.29, 0.717) is 25.6 Å². The Hall–Kier alpha value is -1.76. The molecule has 2 amide bonds. The third-order valence-electron chi connectivity index (χ3n) is 3.63. The molecule has 4 N–H and O–H groups in total. The number of amides is 2. The number of carbonyl (C=O) groups is 1. The van der Waals surface area contributed by atoms with E-state index in [1.54, 1.807) is 11.2 Å². The Labute approximate surface area is 118 Å². The summed E-state index contributed by atoms with van der Waals surface area (Å²) in [6.07, 6.45) is 7.16. The zero-order valence-electron chi connectivity index (χ0n) is 11.7. The van der Waals surface area contributed by atoms with Gasteiger partial charge in [0.1, 0.15) is 5.82 Å². The van der Waals surface area contributed by atoms with Gasteiger partial charge in [-0.2, -0.15) is 0 Å². The number of hydrogen-bond acceptors (Lipinski definition) is 4. The molecule has 1 saturated heterocycles. The number of nitrogens with two attached hydrogens (primary N) is 2. The van der Waals surface area contributed by atoms with Gasteiger partial charge in [-0.05, 0) is 25.7 Å². The number of unbranched alkanes of at least 4 members (excludes halogenated alkanes) is 1. The molecular weight excluding hydrogens is 258 g/mol. The van der Waals surface area contributed by atoms with E-state index in [1.807, 2.05) is 10.8 Å². The molecule has 0 radical (unpaired) electrons. The first-order chi connectivity index (χ1) is 9.66. The Morgan fingerprint density at radius 2 is 2.20 bits per heavy atom. The second-order valence-corrected chi connectivity index (χ2v) is 5.12. The van der Waals surface area contributed by atoms with Crippen LogP contribution in [0.25, 0.3) is 0 Å². The number of nitrogens with zero attached hydrogens (tertiary/aromatic N) is 3. The monoisotopic (exact) mass is 281 g/mol. The standard InChI is InChI=1S/C13H23N5O2/c14-12-9-17(10-16-12)5-1-2-6-18(13(15)19)11-3-7-20-8-4-11/h9-11H,1-8,14H2,(H2,15,19). The van der Waals surface area contributed by atoms with Crippen LogP contribution >= 0.6 is 0 Å². The fourth-order valence-corrected chi connectivity index (χ4v) is 2.55. The Morgan fingerprint density at radius 1 is 1.45 bits per heavy atom. The van der Waals surface area contributed by atoms with E-state index >= 15 is 0 Å². The average molecular weight is 281 g/mol. The van der Waals surface area contributed by atoms with E-state index in [4.69, 9.17) is 16.2 Å². The fraction of sp³-hybridized carbons (Fsp3) is 0.692. The van der Waals surface area contributed by atoms with Gasteiger partial charge in [0, 0.05) is 38.5 Å². The predicted octanol–water partition coefficient (Wildman–Crippen LogP) is 0.805. The predicted molar refractivity (Wildman–Crippen MR) is 76.0 cm³/mol. The van der Waals surface area contributed by atoms with Crippen LogP contribution in [0.4, 0.5) is 10.6 Å². The number of ether oxygens (including phenoxy) is 1. The van der Waals surface area contributed by atoms with Crippen molar-refractivity contribution in [2.45, 2.75) is 38.3 Å². The summed E-state index contributed by atoms with van der Waals surface area (Å²) >= 11 is 0. The molecule has 1 aliphatic rings. The van der Waals surface area contributed by atoms with Crippen molar-refractivity contribution in [2.24, 2.45) is 5.73 Å². The van der Waals surface area contributed by atoms with Crippen molar-refractivity contribution in [3.63, 3.8) is 0 Å². The molecule has 0 unspecified atom stereocenters. The molecule has 0 aromatic carbocycles. The summed E-state index contributed by atoms with van der Waals surface area (Å²) in [5, 5.41) is 0. The lowest BCUT2D eigenvalue weighted by Crippen LogP contribution is -2.46. The van der Waals surface area contributed by atoms with Crippen LogP contribution in [0.15, 0.2) is 12.5 Å². The van der Waals surface area contributed by atoms with Crippen molar-refractivity contribution in [3.05, 3.63) is 12.5 Å². The minimum atomic E-state index is -0.330. The van der Waals surface area contributed by atoms with Crippen LogP contribution in [0.3, 0.4) is 0 Å². The molecule has 1 fully saturated rings. The number of urea groups is 1. The minimum Gasteiger partial charge on any atom is -0.382 e. The van der Waals surface area contributed by atoms with E-state index in [-0.39, 0.29) is 12.1 Å². The van der Waals surface area contributed by atoms with E-state index in [0.717, 1.165) is 32.2 Å². The first-order valence-corrected chi connectivity index (χ1v) is 7.08. The molecular formula is C13H23N5O2. The fourth-order valence-electron chi connectivity index (χ4n) is 2.55. The van der Waals surface area contributed by atoms with Gasteiger partial charge in [-0.1, -0.05) is 0 Å². The Kier molecular flexibility index (Phi) is 5.23. The van der Waals surface area contributed by atoms with Crippen LogP contribution in [0.1, 0.15) is 25.7 Å². The maximum Gasteiger partial charge on any atom is 0.315 e. The van der Waals surface area contributed by atoms with Crippen LogP contribution in [0.5, 0.6) is 0 Å². The minimum absolute atomic E-state index is 0.227. The number of primary amides is 1. The van der Waals surface area contributed by atoms with Gasteiger partial charge in [-0.15, -0.1) is 0 Å². The Balaban J connectivity index is 1.73. The molecule has 0 aliphatic carbocycles. The second-order valence-electron chi connectivity index (χ2n) is 5.12.